The molecule has 0 radical (unpaired) electrons. The van der Waals surface area contributed by atoms with Crippen molar-refractivity contribution in [2.24, 2.45) is 0 Å². The lowest BCUT2D eigenvalue weighted by Gasteiger charge is -2.38. The number of sulfonamides is 1. The summed E-state index contributed by atoms with van der Waals surface area (Å²) in [5.41, 5.74) is 0.835. The molecule has 0 aliphatic carbocycles. The molecule has 0 saturated carbocycles. The number of carbonyl (C=O) groups excluding carboxylic acids is 1. The van der Waals surface area contributed by atoms with Crippen LogP contribution < -0.4 is 14.8 Å². The summed E-state index contributed by atoms with van der Waals surface area (Å²) in [6, 6.07) is 11.5. The van der Waals surface area contributed by atoms with Crippen LogP contribution in [0.15, 0.2) is 47.4 Å². The van der Waals surface area contributed by atoms with Crippen molar-refractivity contribution < 1.29 is 22.7 Å². The molecule has 0 bridgehead atoms. The van der Waals surface area contributed by atoms with Gasteiger partial charge in [-0.05, 0) is 69.2 Å². The molecule has 2 aliphatic rings. The van der Waals surface area contributed by atoms with Crippen molar-refractivity contribution in [3.05, 3.63) is 53.6 Å². The molecular formula is C23H28N2O5S. The van der Waals surface area contributed by atoms with Crippen LogP contribution in [-0.4, -0.2) is 44.4 Å². The van der Waals surface area contributed by atoms with Crippen molar-refractivity contribution in [1.82, 2.24) is 9.62 Å². The number of nitrogens with one attached hydrogen (secondary N) is 1. The minimum atomic E-state index is -3.50. The molecule has 4 rings (SSSR count). The van der Waals surface area contributed by atoms with E-state index in [2.05, 4.69) is 5.32 Å². The first-order valence-electron chi connectivity index (χ1n) is 10.5. The summed E-state index contributed by atoms with van der Waals surface area (Å²) >= 11 is 0. The maximum absolute atomic E-state index is 13.0. The molecule has 2 aromatic carbocycles. The van der Waals surface area contributed by atoms with Gasteiger partial charge in [-0.1, -0.05) is 0 Å². The van der Waals surface area contributed by atoms with Gasteiger partial charge in [0.05, 0.1) is 18.0 Å². The number of hydrogen-bond acceptors (Lipinski definition) is 5. The van der Waals surface area contributed by atoms with Gasteiger partial charge in [-0.2, -0.15) is 4.31 Å². The number of hydrogen-bond donors (Lipinski definition) is 1. The number of fused-ring (bicyclic) bond motifs is 1. The number of benzene rings is 2. The molecule has 0 aromatic heterocycles. The van der Waals surface area contributed by atoms with Gasteiger partial charge in [0.1, 0.15) is 17.1 Å². The smallest absolute Gasteiger partial charge is 0.251 e. The highest BCUT2D eigenvalue weighted by Crippen LogP contribution is 2.41. The fraction of sp³-hybridized carbons (Fsp3) is 0.435. The molecule has 1 amide bonds. The summed E-state index contributed by atoms with van der Waals surface area (Å²) in [5.74, 6) is 1.15. The predicted octanol–water partition coefficient (Wildman–Crippen LogP) is 3.51. The Morgan fingerprint density at radius 1 is 1.13 bits per heavy atom. The van der Waals surface area contributed by atoms with Crippen LogP contribution in [0.2, 0.25) is 0 Å². The van der Waals surface area contributed by atoms with Crippen molar-refractivity contribution in [2.45, 2.75) is 49.6 Å². The Morgan fingerprint density at radius 2 is 1.81 bits per heavy atom. The summed E-state index contributed by atoms with van der Waals surface area (Å²) in [6.07, 6.45) is 2.36. The highest BCUT2D eigenvalue weighted by Gasteiger charge is 2.35. The van der Waals surface area contributed by atoms with Gasteiger partial charge in [0, 0.05) is 30.6 Å². The van der Waals surface area contributed by atoms with E-state index >= 15 is 0 Å². The van der Waals surface area contributed by atoms with Crippen LogP contribution in [0.1, 0.15) is 55.1 Å². The van der Waals surface area contributed by atoms with Gasteiger partial charge in [-0.15, -0.1) is 0 Å². The van der Waals surface area contributed by atoms with Gasteiger partial charge >= 0.3 is 0 Å². The van der Waals surface area contributed by atoms with E-state index in [0.717, 1.165) is 24.2 Å². The van der Waals surface area contributed by atoms with E-state index in [0.29, 0.717) is 30.8 Å². The lowest BCUT2D eigenvalue weighted by molar-refractivity contribution is 0.0618. The number of carbonyl (C=O) groups is 1. The summed E-state index contributed by atoms with van der Waals surface area (Å²) in [5, 5.41) is 3.08. The fourth-order valence-corrected chi connectivity index (χ4v) is 5.70. The number of rotatable bonds is 5. The van der Waals surface area contributed by atoms with Gasteiger partial charge in [0.25, 0.3) is 5.91 Å². The van der Waals surface area contributed by atoms with Gasteiger partial charge in [0.2, 0.25) is 10.0 Å². The molecule has 8 heteroatoms. The van der Waals surface area contributed by atoms with Crippen LogP contribution in [0.5, 0.6) is 11.5 Å². The molecule has 0 unspecified atom stereocenters. The maximum atomic E-state index is 13.0. The predicted molar refractivity (Wildman–Crippen MR) is 117 cm³/mol. The van der Waals surface area contributed by atoms with Crippen LogP contribution in [0, 0.1) is 0 Å². The van der Waals surface area contributed by atoms with Crippen molar-refractivity contribution in [3.63, 3.8) is 0 Å². The van der Waals surface area contributed by atoms with E-state index in [4.69, 9.17) is 9.47 Å². The first-order chi connectivity index (χ1) is 14.7. The second-order valence-corrected chi connectivity index (χ2v) is 10.6. The van der Waals surface area contributed by atoms with Gasteiger partial charge in [-0.3, -0.25) is 4.79 Å². The van der Waals surface area contributed by atoms with Crippen LogP contribution >= 0.6 is 0 Å². The normalized spacial score (nSPS) is 20.5. The Bertz CT molecular complexity index is 1070. The van der Waals surface area contributed by atoms with Crippen LogP contribution in [-0.2, 0) is 10.0 Å². The lowest BCUT2D eigenvalue weighted by Crippen LogP contribution is -2.41. The van der Waals surface area contributed by atoms with E-state index < -0.39 is 15.6 Å². The summed E-state index contributed by atoms with van der Waals surface area (Å²) < 4.78 is 38.3. The molecular weight excluding hydrogens is 416 g/mol. The van der Waals surface area contributed by atoms with Crippen LogP contribution in [0.4, 0.5) is 0 Å². The Labute approximate surface area is 183 Å². The van der Waals surface area contributed by atoms with E-state index in [9.17, 15) is 13.2 Å². The standard InChI is InChI=1S/C23H28N2O5S/c1-23(2)15-20(19-14-17(29-3)8-11-21(19)30-23)24-22(26)16-6-9-18(10-7-16)31(27,28)25-12-4-5-13-25/h6-11,14,20H,4-5,12-13,15H2,1-3H3,(H,24,26)/t20-/m0/s1. The molecule has 0 spiro atoms. The summed E-state index contributed by atoms with van der Waals surface area (Å²) in [6.45, 7) is 5.06. The topological polar surface area (TPSA) is 84.9 Å². The average molecular weight is 445 g/mol. The van der Waals surface area contributed by atoms with Gasteiger partial charge in [-0.25, -0.2) is 8.42 Å². The van der Waals surface area contributed by atoms with Crippen LogP contribution in [0.25, 0.3) is 0 Å². The SMILES string of the molecule is COc1ccc2c(c1)[C@@H](NC(=O)c1ccc(S(=O)(=O)N3CCCC3)cc1)CC(C)(C)O2. The number of nitrogens with zero attached hydrogens (tertiary/aromatic N) is 1. The minimum Gasteiger partial charge on any atom is -0.497 e. The molecule has 7 nitrogen and oxygen atoms in total. The van der Waals surface area contributed by atoms with E-state index in [1.165, 1.54) is 16.4 Å². The molecule has 1 N–H and O–H groups in total. The molecule has 2 aromatic rings. The largest absolute Gasteiger partial charge is 0.497 e. The highest BCUT2D eigenvalue weighted by atomic mass is 32.2. The molecule has 1 saturated heterocycles. The quantitative estimate of drug-likeness (QED) is 0.763. The third kappa shape index (κ3) is 4.41. The molecule has 1 fully saturated rings. The first-order valence-corrected chi connectivity index (χ1v) is 11.9. The van der Waals surface area contributed by atoms with E-state index in [1.54, 1.807) is 19.2 Å². The molecule has 2 aliphatic heterocycles. The Balaban J connectivity index is 1.54. The third-order valence-corrected chi connectivity index (χ3v) is 7.71. The van der Waals surface area contributed by atoms with E-state index in [1.807, 2.05) is 32.0 Å². The fourth-order valence-electron chi connectivity index (χ4n) is 4.19. The zero-order valence-electron chi connectivity index (χ0n) is 18.1. The molecule has 31 heavy (non-hydrogen) atoms. The Morgan fingerprint density at radius 3 is 2.45 bits per heavy atom. The monoisotopic (exact) mass is 444 g/mol. The highest BCUT2D eigenvalue weighted by molar-refractivity contribution is 7.89. The maximum Gasteiger partial charge on any atom is 0.251 e. The zero-order chi connectivity index (χ0) is 22.2. The number of amides is 1. The van der Waals surface area contributed by atoms with E-state index in [-0.39, 0.29) is 16.8 Å². The lowest BCUT2D eigenvalue weighted by atomic mass is 9.89. The summed E-state index contributed by atoms with van der Waals surface area (Å²) in [7, 11) is -1.90. The second-order valence-electron chi connectivity index (χ2n) is 8.63. The molecule has 2 heterocycles. The Hall–Kier alpha value is -2.58. The van der Waals surface area contributed by atoms with Crippen LogP contribution in [0.3, 0.4) is 0 Å². The minimum absolute atomic E-state index is 0.216. The first kappa shape index (κ1) is 21.6. The Kier molecular flexibility index (Phi) is 5.70. The van der Waals surface area contributed by atoms with Crippen molar-refractivity contribution in [2.75, 3.05) is 20.2 Å². The zero-order valence-corrected chi connectivity index (χ0v) is 18.9. The summed E-state index contributed by atoms with van der Waals surface area (Å²) in [4.78, 5) is 13.2. The number of methoxy groups -OCH3 is 1. The average Bonchev–Trinajstić information content (AvgIpc) is 3.29. The van der Waals surface area contributed by atoms with Crippen molar-refractivity contribution in [1.29, 1.82) is 0 Å². The molecule has 166 valence electrons. The van der Waals surface area contributed by atoms with Crippen molar-refractivity contribution in [3.8, 4) is 11.5 Å². The van der Waals surface area contributed by atoms with Crippen molar-refractivity contribution >= 4 is 15.9 Å². The van der Waals surface area contributed by atoms with Gasteiger partial charge in [0.15, 0.2) is 0 Å². The molecule has 1 atom stereocenters. The third-order valence-electron chi connectivity index (χ3n) is 5.80. The number of ether oxygens (including phenoxy) is 2. The second kappa shape index (κ2) is 8.16. The van der Waals surface area contributed by atoms with Gasteiger partial charge < -0.3 is 14.8 Å².